The second-order valence-electron chi connectivity index (χ2n) is 5.71. The van der Waals surface area contributed by atoms with Crippen LogP contribution in [0.5, 0.6) is 0 Å². The second kappa shape index (κ2) is 8.30. The molecular weight excluding hydrogens is 377 g/mol. The zero-order valence-corrected chi connectivity index (χ0v) is 15.6. The zero-order chi connectivity index (χ0) is 18.6. The van der Waals surface area contributed by atoms with Crippen molar-refractivity contribution in [2.24, 2.45) is 0 Å². The van der Waals surface area contributed by atoms with Crippen molar-refractivity contribution in [1.29, 1.82) is 0 Å². The molecule has 0 aliphatic carbocycles. The van der Waals surface area contributed by atoms with Crippen LogP contribution in [0.1, 0.15) is 10.4 Å². The summed E-state index contributed by atoms with van der Waals surface area (Å²) >= 11 is 1.31. The van der Waals surface area contributed by atoms with Gasteiger partial charge in [0.15, 0.2) is 5.78 Å². The number of Topliss-reactive ketones (excluding diaryl/α,β-unsaturated/α-hetero) is 1. The molecule has 1 aliphatic heterocycles. The maximum atomic E-state index is 12.9. The monoisotopic (exact) mass is 395 g/mol. The lowest BCUT2D eigenvalue weighted by molar-refractivity contribution is 0.0730. The largest absolute Gasteiger partial charge is 0.379 e. The van der Waals surface area contributed by atoms with Crippen molar-refractivity contribution in [3.63, 3.8) is 0 Å². The lowest BCUT2D eigenvalue weighted by Crippen LogP contribution is -2.40. The quantitative estimate of drug-likeness (QED) is 0.556. The molecule has 0 unspecified atom stereocenters. The van der Waals surface area contributed by atoms with Gasteiger partial charge >= 0.3 is 0 Å². The van der Waals surface area contributed by atoms with Crippen LogP contribution in [-0.4, -0.2) is 50.6 Å². The fraction of sp³-hybridized carbons (Fsp3) is 0.278. The van der Waals surface area contributed by atoms with E-state index in [4.69, 9.17) is 4.74 Å². The van der Waals surface area contributed by atoms with E-state index in [1.54, 1.807) is 12.1 Å². The van der Waals surface area contributed by atoms with Crippen molar-refractivity contribution < 1.29 is 22.3 Å². The number of morpholine rings is 1. The number of benzene rings is 2. The van der Waals surface area contributed by atoms with Gasteiger partial charge in [0.2, 0.25) is 10.0 Å². The molecule has 2 aromatic carbocycles. The normalized spacial score (nSPS) is 15.7. The fourth-order valence-electron chi connectivity index (χ4n) is 2.51. The van der Waals surface area contributed by atoms with Gasteiger partial charge < -0.3 is 4.74 Å². The molecule has 1 heterocycles. The summed E-state index contributed by atoms with van der Waals surface area (Å²) in [6.07, 6.45) is 0. The Hall–Kier alpha value is -1.74. The molecule has 5 nitrogen and oxygen atoms in total. The van der Waals surface area contributed by atoms with E-state index in [1.165, 1.54) is 52.5 Å². The number of hydrogen-bond acceptors (Lipinski definition) is 5. The maximum absolute atomic E-state index is 12.9. The van der Waals surface area contributed by atoms with Crippen LogP contribution in [0.2, 0.25) is 0 Å². The molecule has 0 bridgehead atoms. The van der Waals surface area contributed by atoms with Crippen LogP contribution in [0.4, 0.5) is 4.39 Å². The Morgan fingerprint density at radius 1 is 1.04 bits per heavy atom. The van der Waals surface area contributed by atoms with E-state index in [9.17, 15) is 17.6 Å². The van der Waals surface area contributed by atoms with Gasteiger partial charge in [0.1, 0.15) is 5.82 Å². The van der Waals surface area contributed by atoms with Crippen molar-refractivity contribution >= 4 is 27.6 Å². The van der Waals surface area contributed by atoms with E-state index in [1.807, 2.05) is 0 Å². The van der Waals surface area contributed by atoms with Gasteiger partial charge in [-0.2, -0.15) is 4.31 Å². The summed E-state index contributed by atoms with van der Waals surface area (Å²) < 4.78 is 44.6. The average molecular weight is 395 g/mol. The van der Waals surface area contributed by atoms with E-state index >= 15 is 0 Å². The molecule has 8 heteroatoms. The maximum Gasteiger partial charge on any atom is 0.243 e. The zero-order valence-electron chi connectivity index (χ0n) is 13.9. The molecule has 0 saturated carbocycles. The third-order valence-corrected chi connectivity index (χ3v) is 6.89. The summed E-state index contributed by atoms with van der Waals surface area (Å²) in [6.45, 7) is 1.43. The number of hydrogen-bond donors (Lipinski definition) is 0. The van der Waals surface area contributed by atoms with Crippen LogP contribution < -0.4 is 0 Å². The molecule has 3 rings (SSSR count). The van der Waals surface area contributed by atoms with Crippen molar-refractivity contribution in [3.05, 3.63) is 59.9 Å². The summed E-state index contributed by atoms with van der Waals surface area (Å²) in [7, 11) is -3.56. The predicted octanol–water partition coefficient (Wildman–Crippen LogP) is 2.82. The molecule has 0 spiro atoms. The Morgan fingerprint density at radius 2 is 1.65 bits per heavy atom. The highest BCUT2D eigenvalue weighted by Gasteiger charge is 2.26. The Labute approximate surface area is 156 Å². The molecule has 1 fully saturated rings. The van der Waals surface area contributed by atoms with Crippen molar-refractivity contribution in [1.82, 2.24) is 4.31 Å². The lowest BCUT2D eigenvalue weighted by Gasteiger charge is -2.26. The van der Waals surface area contributed by atoms with Crippen LogP contribution in [0.15, 0.2) is 58.3 Å². The highest BCUT2D eigenvalue weighted by molar-refractivity contribution is 8.00. The van der Waals surface area contributed by atoms with Gasteiger partial charge in [-0.3, -0.25) is 4.79 Å². The van der Waals surface area contributed by atoms with Gasteiger partial charge in [-0.25, -0.2) is 12.8 Å². The van der Waals surface area contributed by atoms with E-state index in [0.29, 0.717) is 31.9 Å². The van der Waals surface area contributed by atoms with Crippen LogP contribution in [0.25, 0.3) is 0 Å². The molecule has 0 aromatic heterocycles. The SMILES string of the molecule is O=C(CSc1ccc(F)cc1)c1ccc(S(=O)(=O)N2CCOCC2)cc1. The Balaban J connectivity index is 1.64. The molecule has 26 heavy (non-hydrogen) atoms. The number of nitrogens with zero attached hydrogens (tertiary/aromatic N) is 1. The number of rotatable bonds is 6. The number of ether oxygens (including phenoxy) is 1. The third-order valence-electron chi connectivity index (χ3n) is 3.97. The smallest absolute Gasteiger partial charge is 0.243 e. The standard InChI is InChI=1S/C18H18FNO4S2/c19-15-3-5-16(6-4-15)25-13-18(21)14-1-7-17(8-2-14)26(22,23)20-9-11-24-12-10-20/h1-8H,9-13H2. The first-order valence-electron chi connectivity index (χ1n) is 8.06. The highest BCUT2D eigenvalue weighted by atomic mass is 32.2. The minimum atomic E-state index is -3.56. The molecular formula is C18H18FNO4S2. The minimum Gasteiger partial charge on any atom is -0.379 e. The second-order valence-corrected chi connectivity index (χ2v) is 8.69. The number of carbonyl (C=O) groups is 1. The van der Waals surface area contributed by atoms with Crippen molar-refractivity contribution in [2.75, 3.05) is 32.1 Å². The minimum absolute atomic E-state index is 0.116. The van der Waals surface area contributed by atoms with Crippen molar-refractivity contribution in [3.8, 4) is 0 Å². The number of halogens is 1. The molecule has 1 saturated heterocycles. The Bertz CT molecular complexity index is 861. The van der Waals surface area contributed by atoms with Gasteiger partial charge in [-0.1, -0.05) is 12.1 Å². The Kier molecular flexibility index (Phi) is 6.08. The molecule has 0 radical (unpaired) electrons. The molecule has 138 valence electrons. The molecule has 0 atom stereocenters. The fourth-order valence-corrected chi connectivity index (χ4v) is 4.71. The first-order valence-corrected chi connectivity index (χ1v) is 10.5. The summed E-state index contributed by atoms with van der Waals surface area (Å²) in [6, 6.07) is 11.9. The van der Waals surface area contributed by atoms with Gasteiger partial charge in [0.05, 0.1) is 23.9 Å². The van der Waals surface area contributed by atoms with Gasteiger partial charge in [-0.15, -0.1) is 11.8 Å². The topological polar surface area (TPSA) is 63.7 Å². The molecule has 0 amide bonds. The lowest BCUT2D eigenvalue weighted by atomic mass is 10.1. The summed E-state index contributed by atoms with van der Waals surface area (Å²) in [5.41, 5.74) is 0.445. The molecule has 2 aromatic rings. The number of sulfonamides is 1. The first kappa shape index (κ1) is 19.0. The predicted molar refractivity (Wildman–Crippen MR) is 97.5 cm³/mol. The van der Waals surface area contributed by atoms with Crippen LogP contribution in [0.3, 0.4) is 0 Å². The summed E-state index contributed by atoms with van der Waals surface area (Å²) in [5.74, 6) is -0.242. The van der Waals surface area contributed by atoms with Gasteiger partial charge in [-0.05, 0) is 36.4 Å². The molecule has 1 aliphatic rings. The highest BCUT2D eigenvalue weighted by Crippen LogP contribution is 2.21. The van der Waals surface area contributed by atoms with Crippen molar-refractivity contribution in [2.45, 2.75) is 9.79 Å². The van der Waals surface area contributed by atoms with Crippen LogP contribution in [0, 0.1) is 5.82 Å². The Morgan fingerprint density at radius 3 is 2.27 bits per heavy atom. The van der Waals surface area contributed by atoms with Gasteiger partial charge in [0.25, 0.3) is 0 Å². The summed E-state index contributed by atoms with van der Waals surface area (Å²) in [5, 5.41) is 0. The van der Waals surface area contributed by atoms with E-state index in [2.05, 4.69) is 0 Å². The number of ketones is 1. The molecule has 0 N–H and O–H groups in total. The van der Waals surface area contributed by atoms with Crippen LogP contribution >= 0.6 is 11.8 Å². The summed E-state index contributed by atoms with van der Waals surface area (Å²) in [4.78, 5) is 13.2. The van der Waals surface area contributed by atoms with Gasteiger partial charge in [0, 0.05) is 23.5 Å². The van der Waals surface area contributed by atoms with E-state index in [-0.39, 0.29) is 22.2 Å². The first-order chi connectivity index (χ1) is 12.5. The average Bonchev–Trinajstić information content (AvgIpc) is 2.68. The van der Waals surface area contributed by atoms with E-state index in [0.717, 1.165) is 4.90 Å². The van der Waals surface area contributed by atoms with Crippen LogP contribution in [-0.2, 0) is 14.8 Å². The third kappa shape index (κ3) is 4.50. The number of carbonyl (C=O) groups excluding carboxylic acids is 1. The number of thioether (sulfide) groups is 1. The van der Waals surface area contributed by atoms with E-state index < -0.39 is 10.0 Å².